The first-order valence-corrected chi connectivity index (χ1v) is 7.85. The molecule has 3 rings (SSSR count). The summed E-state index contributed by atoms with van der Waals surface area (Å²) < 4.78 is 34.4. The Kier molecular flexibility index (Phi) is 4.89. The number of rotatable bonds is 5. The number of likely N-dealkylation sites (tertiary alicyclic amines) is 1. The van der Waals surface area contributed by atoms with Gasteiger partial charge in [0.15, 0.2) is 0 Å². The molecule has 0 bridgehead atoms. The summed E-state index contributed by atoms with van der Waals surface area (Å²) in [6, 6.07) is 5.49. The molecule has 7 heteroatoms. The molecule has 128 valence electrons. The predicted octanol–water partition coefficient (Wildman–Crippen LogP) is 2.44. The van der Waals surface area contributed by atoms with Crippen LogP contribution in [0.2, 0.25) is 0 Å². The second-order valence-electron chi connectivity index (χ2n) is 5.83. The Hall–Kier alpha value is -2.28. The molecule has 2 aromatic rings. The van der Waals surface area contributed by atoms with Crippen molar-refractivity contribution in [3.05, 3.63) is 53.4 Å². The predicted molar refractivity (Wildman–Crippen MR) is 83.7 cm³/mol. The fraction of sp³-hybridized carbons (Fsp3) is 0.412. The lowest BCUT2D eigenvalue weighted by molar-refractivity contribution is 0.0783. The lowest BCUT2D eigenvalue weighted by Crippen LogP contribution is -2.29. The quantitative estimate of drug-likeness (QED) is 0.843. The number of carbonyl (C=O) groups excluding carboxylic acids is 1. The highest BCUT2D eigenvalue weighted by molar-refractivity contribution is 5.92. The van der Waals surface area contributed by atoms with Crippen LogP contribution in [-0.2, 0) is 11.3 Å². The van der Waals surface area contributed by atoms with Gasteiger partial charge in [-0.1, -0.05) is 6.07 Å². The van der Waals surface area contributed by atoms with Gasteiger partial charge >= 0.3 is 0 Å². The van der Waals surface area contributed by atoms with Crippen LogP contribution in [0.25, 0.3) is 0 Å². The summed E-state index contributed by atoms with van der Waals surface area (Å²) in [5.74, 6) is -1.66. The molecule has 1 aliphatic heterocycles. The Balaban J connectivity index is 1.69. The molecule has 0 N–H and O–H groups in total. The minimum absolute atomic E-state index is 0.0680. The van der Waals surface area contributed by atoms with Crippen LogP contribution < -0.4 is 0 Å². The van der Waals surface area contributed by atoms with Crippen LogP contribution in [0.3, 0.4) is 0 Å². The molecule has 0 saturated carbocycles. The number of ether oxygens (including phenoxy) is 1. The Bertz CT molecular complexity index is 712. The highest BCUT2D eigenvalue weighted by Gasteiger charge is 2.32. The number of carbonyl (C=O) groups is 1. The molecule has 1 saturated heterocycles. The van der Waals surface area contributed by atoms with Crippen molar-refractivity contribution >= 4 is 5.91 Å². The lowest BCUT2D eigenvalue weighted by Gasteiger charge is -2.16. The number of aromatic nitrogens is 2. The Morgan fingerprint density at radius 1 is 1.33 bits per heavy atom. The van der Waals surface area contributed by atoms with E-state index in [1.165, 1.54) is 18.2 Å². The van der Waals surface area contributed by atoms with Gasteiger partial charge in [0.2, 0.25) is 0 Å². The normalized spacial score (nSPS) is 17.5. The summed E-state index contributed by atoms with van der Waals surface area (Å²) in [6.07, 6.45) is 2.25. The van der Waals surface area contributed by atoms with Gasteiger partial charge < -0.3 is 9.64 Å². The van der Waals surface area contributed by atoms with Gasteiger partial charge in [0.25, 0.3) is 5.91 Å². The Labute approximate surface area is 138 Å². The van der Waals surface area contributed by atoms with E-state index in [1.54, 1.807) is 29.0 Å². The minimum atomic E-state index is -0.557. The van der Waals surface area contributed by atoms with Crippen LogP contribution in [0.1, 0.15) is 28.4 Å². The van der Waals surface area contributed by atoms with Gasteiger partial charge in [0.05, 0.1) is 13.2 Å². The standard InChI is InChI=1S/C17H19F2N3O2/c1-24-10-9-22-8-6-15(20-22)17(23)21-7-5-12(11-21)16-13(18)3-2-4-14(16)19/h2-4,6,8,12H,5,7,9-11H2,1H3/t12-/m1/s1. The highest BCUT2D eigenvalue weighted by Crippen LogP contribution is 2.31. The van der Waals surface area contributed by atoms with E-state index in [4.69, 9.17) is 4.74 Å². The van der Waals surface area contributed by atoms with Crippen molar-refractivity contribution in [3.8, 4) is 0 Å². The molecule has 0 unspecified atom stereocenters. The van der Waals surface area contributed by atoms with Crippen LogP contribution in [0, 0.1) is 11.6 Å². The van der Waals surface area contributed by atoms with E-state index in [9.17, 15) is 13.6 Å². The SMILES string of the molecule is COCCn1ccc(C(=O)N2CC[C@@H](c3c(F)cccc3F)C2)n1. The summed E-state index contributed by atoms with van der Waals surface area (Å²) in [4.78, 5) is 14.1. The highest BCUT2D eigenvalue weighted by atomic mass is 19.1. The van der Waals surface area contributed by atoms with Gasteiger partial charge in [-0.25, -0.2) is 8.78 Å². The molecular weight excluding hydrogens is 316 g/mol. The summed E-state index contributed by atoms with van der Waals surface area (Å²) in [5.41, 5.74) is 0.402. The molecule has 0 spiro atoms. The number of nitrogens with zero attached hydrogens (tertiary/aromatic N) is 3. The van der Waals surface area contributed by atoms with E-state index in [0.717, 1.165) is 0 Å². The number of hydrogen-bond donors (Lipinski definition) is 0. The average molecular weight is 335 g/mol. The maximum Gasteiger partial charge on any atom is 0.274 e. The van der Waals surface area contributed by atoms with Crippen LogP contribution in [0.5, 0.6) is 0 Å². The third-order valence-corrected chi connectivity index (χ3v) is 4.27. The second-order valence-corrected chi connectivity index (χ2v) is 5.83. The molecule has 1 aliphatic rings. The molecule has 1 aromatic heterocycles. The molecule has 24 heavy (non-hydrogen) atoms. The van der Waals surface area contributed by atoms with Crippen molar-refractivity contribution in [2.75, 3.05) is 26.8 Å². The van der Waals surface area contributed by atoms with Gasteiger partial charge in [-0.05, 0) is 24.6 Å². The topological polar surface area (TPSA) is 47.4 Å². The van der Waals surface area contributed by atoms with Gasteiger partial charge in [-0.2, -0.15) is 5.10 Å². The van der Waals surface area contributed by atoms with Crippen LogP contribution >= 0.6 is 0 Å². The van der Waals surface area contributed by atoms with E-state index in [0.29, 0.717) is 38.4 Å². The van der Waals surface area contributed by atoms with Crippen LogP contribution in [-0.4, -0.2) is 47.4 Å². The summed E-state index contributed by atoms with van der Waals surface area (Å²) >= 11 is 0. The molecule has 2 heterocycles. The van der Waals surface area contributed by atoms with E-state index in [-0.39, 0.29) is 17.4 Å². The summed E-state index contributed by atoms with van der Waals surface area (Å²) in [5, 5.41) is 4.22. The maximum absolute atomic E-state index is 13.9. The maximum atomic E-state index is 13.9. The number of hydrogen-bond acceptors (Lipinski definition) is 3. The zero-order chi connectivity index (χ0) is 17.1. The summed E-state index contributed by atoms with van der Waals surface area (Å²) in [6.45, 7) is 1.82. The fourth-order valence-electron chi connectivity index (χ4n) is 3.03. The number of methoxy groups -OCH3 is 1. The zero-order valence-electron chi connectivity index (χ0n) is 13.4. The number of amides is 1. The van der Waals surface area contributed by atoms with Crippen molar-refractivity contribution in [1.29, 1.82) is 0 Å². The first-order chi connectivity index (χ1) is 11.6. The average Bonchev–Trinajstić information content (AvgIpc) is 3.22. The molecule has 1 atom stereocenters. The largest absolute Gasteiger partial charge is 0.383 e. The van der Waals surface area contributed by atoms with E-state index >= 15 is 0 Å². The van der Waals surface area contributed by atoms with Gasteiger partial charge in [-0.15, -0.1) is 0 Å². The molecular formula is C17H19F2N3O2. The molecule has 0 aliphatic carbocycles. The molecule has 5 nitrogen and oxygen atoms in total. The minimum Gasteiger partial charge on any atom is -0.383 e. The molecule has 1 fully saturated rings. The van der Waals surface area contributed by atoms with Gasteiger partial charge in [-0.3, -0.25) is 9.48 Å². The van der Waals surface area contributed by atoms with Crippen molar-refractivity contribution in [3.63, 3.8) is 0 Å². The zero-order valence-corrected chi connectivity index (χ0v) is 13.4. The second kappa shape index (κ2) is 7.09. The van der Waals surface area contributed by atoms with E-state index in [2.05, 4.69) is 5.10 Å². The third kappa shape index (κ3) is 3.31. The van der Waals surface area contributed by atoms with Crippen LogP contribution in [0.4, 0.5) is 8.78 Å². The molecule has 1 aromatic carbocycles. The van der Waals surface area contributed by atoms with E-state index in [1.807, 2.05) is 0 Å². The van der Waals surface area contributed by atoms with Gasteiger partial charge in [0, 0.05) is 37.9 Å². The van der Waals surface area contributed by atoms with Crippen molar-refractivity contribution < 1.29 is 18.3 Å². The monoisotopic (exact) mass is 335 g/mol. The van der Waals surface area contributed by atoms with Crippen molar-refractivity contribution in [1.82, 2.24) is 14.7 Å². The Morgan fingerprint density at radius 2 is 2.08 bits per heavy atom. The number of halogens is 2. The van der Waals surface area contributed by atoms with E-state index < -0.39 is 11.6 Å². The van der Waals surface area contributed by atoms with Crippen molar-refractivity contribution in [2.45, 2.75) is 18.9 Å². The fourth-order valence-corrected chi connectivity index (χ4v) is 3.03. The number of benzene rings is 1. The lowest BCUT2D eigenvalue weighted by atomic mass is 9.97. The first kappa shape index (κ1) is 16.6. The van der Waals surface area contributed by atoms with Crippen LogP contribution in [0.15, 0.2) is 30.5 Å². The summed E-state index contributed by atoms with van der Waals surface area (Å²) in [7, 11) is 1.60. The third-order valence-electron chi connectivity index (χ3n) is 4.27. The molecule has 1 amide bonds. The first-order valence-electron chi connectivity index (χ1n) is 7.85. The molecule has 0 radical (unpaired) electrons. The smallest absolute Gasteiger partial charge is 0.274 e. The van der Waals surface area contributed by atoms with Gasteiger partial charge in [0.1, 0.15) is 17.3 Å². The van der Waals surface area contributed by atoms with Crippen molar-refractivity contribution in [2.24, 2.45) is 0 Å². The Morgan fingerprint density at radius 3 is 2.79 bits per heavy atom.